The molecule has 188 valence electrons. The lowest BCUT2D eigenvalue weighted by Gasteiger charge is -2.42. The van der Waals surface area contributed by atoms with Crippen LogP contribution in [0, 0.1) is 41.0 Å². The highest BCUT2D eigenvalue weighted by Crippen LogP contribution is 2.49. The Balaban J connectivity index is 1.50. The average Bonchev–Trinajstić information content (AvgIpc) is 2.87. The Kier molecular flexibility index (Phi) is 8.35. The standard InChI is InChI=1S/C30H34F4O/c1-3-5-7-19-8-9-21-18-22(11-10-20(21)17-19)23-12-13-24(28(32)27(23)31)25-14-15-26(30(34)29(25)33)35-16-6-4-2/h3-4,6,12-15,19-22H,1,5,7-11,16-18H2,2H3/b6-4+. The molecule has 0 heterocycles. The van der Waals surface area contributed by atoms with E-state index in [1.807, 2.05) is 6.08 Å². The summed E-state index contributed by atoms with van der Waals surface area (Å²) in [7, 11) is 0. The molecule has 4 rings (SSSR count). The van der Waals surface area contributed by atoms with E-state index in [1.54, 1.807) is 25.1 Å². The van der Waals surface area contributed by atoms with Gasteiger partial charge in [0.25, 0.3) is 0 Å². The van der Waals surface area contributed by atoms with Crippen molar-refractivity contribution in [1.82, 2.24) is 0 Å². The first kappa shape index (κ1) is 25.5. The maximum absolute atomic E-state index is 15.2. The van der Waals surface area contributed by atoms with Crippen molar-refractivity contribution in [2.24, 2.45) is 17.8 Å². The summed E-state index contributed by atoms with van der Waals surface area (Å²) < 4.78 is 64.8. The molecular formula is C30H34F4O. The Morgan fingerprint density at radius 1 is 0.857 bits per heavy atom. The van der Waals surface area contributed by atoms with Crippen LogP contribution in [-0.2, 0) is 0 Å². The lowest BCUT2D eigenvalue weighted by Crippen LogP contribution is -2.30. The Morgan fingerprint density at radius 3 is 2.29 bits per heavy atom. The Morgan fingerprint density at radius 2 is 1.54 bits per heavy atom. The van der Waals surface area contributed by atoms with Gasteiger partial charge < -0.3 is 4.74 Å². The van der Waals surface area contributed by atoms with Crippen LogP contribution >= 0.6 is 0 Å². The zero-order valence-electron chi connectivity index (χ0n) is 20.3. The molecular weight excluding hydrogens is 452 g/mol. The minimum Gasteiger partial charge on any atom is -0.486 e. The molecule has 2 saturated carbocycles. The molecule has 2 fully saturated rings. The zero-order chi connectivity index (χ0) is 24.9. The summed E-state index contributed by atoms with van der Waals surface area (Å²) in [4.78, 5) is 0. The van der Waals surface area contributed by atoms with Crippen LogP contribution in [0.4, 0.5) is 17.6 Å². The van der Waals surface area contributed by atoms with E-state index in [2.05, 4.69) is 6.58 Å². The molecule has 0 aromatic heterocycles. The molecule has 4 atom stereocenters. The summed E-state index contributed by atoms with van der Waals surface area (Å²) in [5.41, 5.74) is -0.241. The van der Waals surface area contributed by atoms with Crippen molar-refractivity contribution in [2.45, 2.75) is 64.2 Å². The van der Waals surface area contributed by atoms with E-state index in [0.29, 0.717) is 17.4 Å². The van der Waals surface area contributed by atoms with Crippen LogP contribution in [0.2, 0.25) is 0 Å². The fraction of sp³-hybridized carbons (Fsp3) is 0.467. The van der Waals surface area contributed by atoms with Crippen molar-refractivity contribution >= 4 is 0 Å². The molecule has 35 heavy (non-hydrogen) atoms. The van der Waals surface area contributed by atoms with Gasteiger partial charge in [0, 0.05) is 11.1 Å². The number of ether oxygens (including phenoxy) is 1. The highest BCUT2D eigenvalue weighted by atomic mass is 19.2. The second-order valence-electron chi connectivity index (χ2n) is 10.0. The second kappa shape index (κ2) is 11.5. The third kappa shape index (κ3) is 5.49. The molecule has 0 saturated heterocycles. The van der Waals surface area contributed by atoms with Gasteiger partial charge in [0.2, 0.25) is 5.82 Å². The minimum absolute atomic E-state index is 0.0477. The number of allylic oxidation sites excluding steroid dienone is 2. The lowest BCUT2D eigenvalue weighted by molar-refractivity contribution is 0.114. The first-order valence-electron chi connectivity index (χ1n) is 12.8. The summed E-state index contributed by atoms with van der Waals surface area (Å²) in [6, 6.07) is 5.42. The van der Waals surface area contributed by atoms with Crippen LogP contribution in [0.25, 0.3) is 11.1 Å². The Labute approximate surface area is 205 Å². The molecule has 0 N–H and O–H groups in total. The van der Waals surface area contributed by atoms with Gasteiger partial charge >= 0.3 is 0 Å². The molecule has 0 radical (unpaired) electrons. The topological polar surface area (TPSA) is 9.23 Å². The molecule has 2 aliphatic carbocycles. The van der Waals surface area contributed by atoms with Crippen molar-refractivity contribution in [2.75, 3.05) is 6.61 Å². The van der Waals surface area contributed by atoms with Crippen LogP contribution in [0.15, 0.2) is 49.1 Å². The quantitative estimate of drug-likeness (QED) is 0.267. The van der Waals surface area contributed by atoms with Crippen molar-refractivity contribution < 1.29 is 22.3 Å². The molecule has 5 heteroatoms. The fourth-order valence-corrected chi connectivity index (χ4v) is 6.06. The minimum atomic E-state index is -1.25. The van der Waals surface area contributed by atoms with Gasteiger partial charge in [-0.25, -0.2) is 13.2 Å². The van der Waals surface area contributed by atoms with Gasteiger partial charge in [0.1, 0.15) is 6.61 Å². The Bertz CT molecular complexity index is 1080. The van der Waals surface area contributed by atoms with Crippen molar-refractivity contribution in [3.8, 4) is 16.9 Å². The largest absolute Gasteiger partial charge is 0.486 e. The Hall–Kier alpha value is -2.56. The SMILES string of the molecule is C=CCCC1CCC2CC(c3ccc(-c4ccc(OC/C=C/C)c(F)c4F)c(F)c3F)CCC2C1. The molecule has 4 unspecified atom stereocenters. The molecule has 0 aliphatic heterocycles. The highest BCUT2D eigenvalue weighted by Gasteiger charge is 2.37. The van der Waals surface area contributed by atoms with Gasteiger partial charge in [-0.3, -0.25) is 0 Å². The number of benzene rings is 2. The number of hydrogen-bond acceptors (Lipinski definition) is 1. The van der Waals surface area contributed by atoms with Gasteiger partial charge in [-0.1, -0.05) is 36.8 Å². The molecule has 0 bridgehead atoms. The summed E-state index contributed by atoms with van der Waals surface area (Å²) in [6.07, 6.45) is 13.9. The third-order valence-corrected chi connectivity index (χ3v) is 7.96. The summed E-state index contributed by atoms with van der Waals surface area (Å²) in [6.45, 7) is 5.69. The van der Waals surface area contributed by atoms with Gasteiger partial charge in [-0.05, 0) is 93.2 Å². The number of rotatable bonds is 8. The smallest absolute Gasteiger partial charge is 0.201 e. The number of halogens is 4. The van der Waals surface area contributed by atoms with E-state index in [0.717, 1.165) is 38.0 Å². The van der Waals surface area contributed by atoms with Crippen LogP contribution in [-0.4, -0.2) is 6.61 Å². The van der Waals surface area contributed by atoms with E-state index in [9.17, 15) is 8.78 Å². The first-order chi connectivity index (χ1) is 16.9. The molecule has 2 aromatic rings. The molecule has 2 aliphatic rings. The monoisotopic (exact) mass is 486 g/mol. The predicted octanol–water partition coefficient (Wildman–Crippen LogP) is 9.13. The lowest BCUT2D eigenvalue weighted by atomic mass is 9.63. The van der Waals surface area contributed by atoms with Crippen molar-refractivity contribution in [3.05, 3.63) is 77.9 Å². The molecule has 1 nitrogen and oxygen atoms in total. The van der Waals surface area contributed by atoms with Crippen molar-refractivity contribution in [3.63, 3.8) is 0 Å². The van der Waals surface area contributed by atoms with Crippen molar-refractivity contribution in [1.29, 1.82) is 0 Å². The summed E-state index contributed by atoms with van der Waals surface area (Å²) in [5, 5.41) is 0. The zero-order valence-corrected chi connectivity index (χ0v) is 20.3. The van der Waals surface area contributed by atoms with Crippen LogP contribution in [0.3, 0.4) is 0 Å². The van der Waals surface area contributed by atoms with Gasteiger partial charge in [-0.2, -0.15) is 4.39 Å². The van der Waals surface area contributed by atoms with E-state index < -0.39 is 23.3 Å². The molecule has 0 amide bonds. The fourth-order valence-electron chi connectivity index (χ4n) is 6.06. The molecule has 0 spiro atoms. The predicted molar refractivity (Wildman–Crippen MR) is 132 cm³/mol. The van der Waals surface area contributed by atoms with Gasteiger partial charge in [0.15, 0.2) is 23.2 Å². The van der Waals surface area contributed by atoms with Gasteiger partial charge in [-0.15, -0.1) is 6.58 Å². The highest BCUT2D eigenvalue weighted by molar-refractivity contribution is 5.66. The third-order valence-electron chi connectivity index (χ3n) is 7.96. The van der Waals surface area contributed by atoms with E-state index >= 15 is 8.78 Å². The number of hydrogen-bond donors (Lipinski definition) is 0. The number of fused-ring (bicyclic) bond motifs is 1. The van der Waals surface area contributed by atoms with Gasteiger partial charge in [0.05, 0.1) is 0 Å². The van der Waals surface area contributed by atoms with E-state index in [1.165, 1.54) is 37.5 Å². The maximum atomic E-state index is 15.2. The second-order valence-corrected chi connectivity index (χ2v) is 10.0. The first-order valence-corrected chi connectivity index (χ1v) is 12.8. The van der Waals surface area contributed by atoms with E-state index in [-0.39, 0.29) is 29.4 Å². The normalized spacial score (nSPS) is 24.4. The molecule has 2 aromatic carbocycles. The van der Waals surface area contributed by atoms with E-state index in [4.69, 9.17) is 4.74 Å². The average molecular weight is 487 g/mol. The van der Waals surface area contributed by atoms with Crippen LogP contribution in [0.1, 0.15) is 69.8 Å². The van der Waals surface area contributed by atoms with Crippen LogP contribution in [0.5, 0.6) is 5.75 Å². The summed E-state index contributed by atoms with van der Waals surface area (Å²) >= 11 is 0. The maximum Gasteiger partial charge on any atom is 0.201 e. The summed E-state index contributed by atoms with van der Waals surface area (Å²) in [5.74, 6) is -2.90. The van der Waals surface area contributed by atoms with Crippen LogP contribution < -0.4 is 4.74 Å².